The Morgan fingerprint density at radius 1 is 0.958 bits per heavy atom. The predicted octanol–water partition coefficient (Wildman–Crippen LogP) is 5.07. The minimum Gasteiger partial charge on any atom is -0.364 e. The van der Waals surface area contributed by atoms with E-state index in [1.165, 1.54) is 23.3 Å². The Kier molecular flexibility index (Phi) is 4.56. The number of anilines is 1. The largest absolute Gasteiger partial charge is 0.364 e. The molecule has 0 spiro atoms. The lowest BCUT2D eigenvalue weighted by Crippen LogP contribution is -2.07. The first-order valence-corrected chi connectivity index (χ1v) is 7.94. The van der Waals surface area contributed by atoms with E-state index >= 15 is 0 Å². The number of hydrogen-bond acceptors (Lipinski definition) is 3. The summed E-state index contributed by atoms with van der Waals surface area (Å²) in [6.07, 6.45) is 5.59. The van der Waals surface area contributed by atoms with Crippen molar-refractivity contribution in [1.29, 1.82) is 0 Å². The lowest BCUT2D eigenvalue weighted by Gasteiger charge is -2.15. The molecule has 2 heterocycles. The Balaban J connectivity index is 1.77. The molecule has 1 atom stereocenters. The van der Waals surface area contributed by atoms with Crippen LogP contribution in [-0.2, 0) is 0 Å². The predicted molar refractivity (Wildman–Crippen MR) is 95.4 cm³/mol. The molecular weight excluding hydrogens is 301 g/mol. The van der Waals surface area contributed by atoms with Crippen molar-refractivity contribution in [2.45, 2.75) is 26.8 Å². The molecule has 0 saturated carbocycles. The zero-order valence-corrected chi connectivity index (χ0v) is 14.0. The van der Waals surface area contributed by atoms with Gasteiger partial charge in [-0.25, -0.2) is 9.37 Å². The number of pyridine rings is 2. The molecule has 122 valence electrons. The molecule has 24 heavy (non-hydrogen) atoms. The van der Waals surface area contributed by atoms with Crippen molar-refractivity contribution >= 4 is 5.82 Å². The van der Waals surface area contributed by atoms with Crippen LogP contribution in [0.3, 0.4) is 0 Å². The average molecular weight is 321 g/mol. The minimum atomic E-state index is -0.226. The van der Waals surface area contributed by atoms with Crippen LogP contribution in [0.4, 0.5) is 10.2 Å². The monoisotopic (exact) mass is 321 g/mol. The summed E-state index contributed by atoms with van der Waals surface area (Å²) < 4.78 is 13.0. The first-order chi connectivity index (χ1) is 11.5. The van der Waals surface area contributed by atoms with Gasteiger partial charge >= 0.3 is 0 Å². The SMILES string of the molecule is Cc1cncc(-c2ccc(NC(C)c3ccc(F)cc3)nc2)c1C. The lowest BCUT2D eigenvalue weighted by molar-refractivity contribution is 0.626. The maximum Gasteiger partial charge on any atom is 0.126 e. The molecule has 0 bridgehead atoms. The third-order valence-corrected chi connectivity index (χ3v) is 4.28. The van der Waals surface area contributed by atoms with Crippen LogP contribution in [0.5, 0.6) is 0 Å². The molecule has 0 aliphatic heterocycles. The molecule has 0 saturated heterocycles. The molecular formula is C20H20FN3. The highest BCUT2D eigenvalue weighted by molar-refractivity contribution is 5.67. The first-order valence-electron chi connectivity index (χ1n) is 7.94. The zero-order valence-electron chi connectivity index (χ0n) is 14.0. The molecule has 3 aromatic rings. The molecule has 0 amide bonds. The van der Waals surface area contributed by atoms with Crippen molar-refractivity contribution in [2.75, 3.05) is 5.32 Å². The van der Waals surface area contributed by atoms with Crippen molar-refractivity contribution in [2.24, 2.45) is 0 Å². The van der Waals surface area contributed by atoms with Gasteiger partial charge in [0, 0.05) is 35.8 Å². The van der Waals surface area contributed by atoms with Gasteiger partial charge in [-0.2, -0.15) is 0 Å². The summed E-state index contributed by atoms with van der Waals surface area (Å²) >= 11 is 0. The van der Waals surface area contributed by atoms with Gasteiger partial charge in [-0.3, -0.25) is 4.98 Å². The number of benzene rings is 1. The van der Waals surface area contributed by atoms with Crippen molar-refractivity contribution in [3.8, 4) is 11.1 Å². The van der Waals surface area contributed by atoms with Crippen molar-refractivity contribution in [3.63, 3.8) is 0 Å². The number of nitrogens with one attached hydrogen (secondary N) is 1. The van der Waals surface area contributed by atoms with Crippen LogP contribution in [-0.4, -0.2) is 9.97 Å². The van der Waals surface area contributed by atoms with E-state index in [1.807, 2.05) is 37.6 Å². The normalized spacial score (nSPS) is 12.0. The highest BCUT2D eigenvalue weighted by Gasteiger charge is 2.08. The number of aryl methyl sites for hydroxylation is 1. The summed E-state index contributed by atoms with van der Waals surface area (Å²) in [6.45, 7) is 6.17. The quantitative estimate of drug-likeness (QED) is 0.729. The van der Waals surface area contributed by atoms with Gasteiger partial charge in [0.2, 0.25) is 0 Å². The Hall–Kier alpha value is -2.75. The molecule has 1 aromatic carbocycles. The lowest BCUT2D eigenvalue weighted by atomic mass is 10.0. The topological polar surface area (TPSA) is 37.8 Å². The van der Waals surface area contributed by atoms with Crippen LogP contribution in [0.15, 0.2) is 55.0 Å². The second-order valence-corrected chi connectivity index (χ2v) is 5.98. The maximum atomic E-state index is 13.0. The summed E-state index contributed by atoms with van der Waals surface area (Å²) in [4.78, 5) is 8.76. The third-order valence-electron chi connectivity index (χ3n) is 4.28. The number of halogens is 1. The van der Waals surface area contributed by atoms with Crippen LogP contribution in [0.1, 0.15) is 29.7 Å². The molecule has 1 N–H and O–H groups in total. The van der Waals surface area contributed by atoms with E-state index in [1.54, 1.807) is 12.1 Å². The number of aromatic nitrogens is 2. The molecule has 3 nitrogen and oxygen atoms in total. The zero-order chi connectivity index (χ0) is 17.1. The summed E-state index contributed by atoms with van der Waals surface area (Å²) in [5.74, 6) is 0.560. The highest BCUT2D eigenvalue weighted by atomic mass is 19.1. The maximum absolute atomic E-state index is 13.0. The average Bonchev–Trinajstić information content (AvgIpc) is 2.59. The molecule has 3 rings (SSSR count). The molecule has 2 aromatic heterocycles. The van der Waals surface area contributed by atoms with Gasteiger partial charge in [0.1, 0.15) is 11.6 Å². The number of nitrogens with zero attached hydrogens (tertiary/aromatic N) is 2. The van der Waals surface area contributed by atoms with E-state index in [4.69, 9.17) is 0 Å². The summed E-state index contributed by atoms with van der Waals surface area (Å²) in [5.41, 5.74) is 5.54. The van der Waals surface area contributed by atoms with Gasteiger partial charge < -0.3 is 5.32 Å². The molecule has 0 radical (unpaired) electrons. The van der Waals surface area contributed by atoms with Crippen LogP contribution in [0, 0.1) is 19.7 Å². The van der Waals surface area contributed by atoms with Crippen LogP contribution >= 0.6 is 0 Å². The van der Waals surface area contributed by atoms with Crippen molar-refractivity contribution in [3.05, 3.63) is 77.5 Å². The van der Waals surface area contributed by atoms with E-state index < -0.39 is 0 Å². The van der Waals surface area contributed by atoms with Gasteiger partial charge in [-0.05, 0) is 61.7 Å². The van der Waals surface area contributed by atoms with E-state index in [0.717, 1.165) is 22.5 Å². The van der Waals surface area contributed by atoms with Crippen LogP contribution in [0.25, 0.3) is 11.1 Å². The summed E-state index contributed by atoms with van der Waals surface area (Å²) in [6, 6.07) is 10.5. The van der Waals surface area contributed by atoms with Gasteiger partial charge in [-0.1, -0.05) is 12.1 Å². The summed E-state index contributed by atoms with van der Waals surface area (Å²) in [7, 11) is 0. The fraction of sp³-hybridized carbons (Fsp3) is 0.200. The molecule has 0 fully saturated rings. The van der Waals surface area contributed by atoms with Crippen LogP contribution in [0.2, 0.25) is 0 Å². The third kappa shape index (κ3) is 3.43. The Bertz CT molecular complexity index is 827. The van der Waals surface area contributed by atoms with Gasteiger partial charge in [-0.15, -0.1) is 0 Å². The Morgan fingerprint density at radius 3 is 2.38 bits per heavy atom. The summed E-state index contributed by atoms with van der Waals surface area (Å²) in [5, 5.41) is 3.33. The van der Waals surface area contributed by atoms with E-state index in [2.05, 4.69) is 29.1 Å². The second kappa shape index (κ2) is 6.79. The van der Waals surface area contributed by atoms with E-state index in [0.29, 0.717) is 0 Å². The minimum absolute atomic E-state index is 0.0475. The Morgan fingerprint density at radius 2 is 1.71 bits per heavy atom. The smallest absolute Gasteiger partial charge is 0.126 e. The fourth-order valence-corrected chi connectivity index (χ4v) is 2.62. The molecule has 0 aliphatic rings. The number of hydrogen-bond donors (Lipinski definition) is 1. The second-order valence-electron chi connectivity index (χ2n) is 5.98. The van der Waals surface area contributed by atoms with Crippen LogP contribution < -0.4 is 5.32 Å². The van der Waals surface area contributed by atoms with Gasteiger partial charge in [0.15, 0.2) is 0 Å². The molecule has 0 aliphatic carbocycles. The van der Waals surface area contributed by atoms with Gasteiger partial charge in [0.25, 0.3) is 0 Å². The standard InChI is InChI=1S/C20H20FN3/c1-13-10-22-12-19(14(13)2)17-6-9-20(23-11-17)24-15(3)16-4-7-18(21)8-5-16/h4-12,15H,1-3H3,(H,23,24). The fourth-order valence-electron chi connectivity index (χ4n) is 2.62. The van der Waals surface area contributed by atoms with Gasteiger partial charge in [0.05, 0.1) is 0 Å². The molecule has 4 heteroatoms. The van der Waals surface area contributed by atoms with Crippen molar-refractivity contribution < 1.29 is 4.39 Å². The number of rotatable bonds is 4. The Labute approximate surface area is 141 Å². The van der Waals surface area contributed by atoms with E-state index in [9.17, 15) is 4.39 Å². The first kappa shape index (κ1) is 16.1. The van der Waals surface area contributed by atoms with Crippen molar-refractivity contribution in [1.82, 2.24) is 9.97 Å². The molecule has 1 unspecified atom stereocenters. The highest BCUT2D eigenvalue weighted by Crippen LogP contribution is 2.25. The van der Waals surface area contributed by atoms with E-state index in [-0.39, 0.29) is 11.9 Å².